The Labute approximate surface area is 131 Å². The van der Waals surface area contributed by atoms with Crippen molar-refractivity contribution in [1.82, 2.24) is 9.55 Å². The van der Waals surface area contributed by atoms with Crippen LogP contribution in [0.25, 0.3) is 17.1 Å². The average molecular weight is 319 g/mol. The Balaban J connectivity index is 2.07. The molecule has 3 aromatic rings. The van der Waals surface area contributed by atoms with E-state index in [-0.39, 0.29) is 5.69 Å². The summed E-state index contributed by atoms with van der Waals surface area (Å²) >= 11 is 12.0. The van der Waals surface area contributed by atoms with Gasteiger partial charge in [-0.15, -0.1) is 0 Å². The van der Waals surface area contributed by atoms with Crippen molar-refractivity contribution in [3.05, 3.63) is 74.6 Å². The lowest BCUT2D eigenvalue weighted by atomic mass is 10.1. The smallest absolute Gasteiger partial charge is 0.305 e. The molecule has 0 radical (unpaired) electrons. The maximum absolute atomic E-state index is 12.1. The highest BCUT2D eigenvalue weighted by Crippen LogP contribution is 2.26. The third-order valence-corrected chi connectivity index (χ3v) is 4.09. The summed E-state index contributed by atoms with van der Waals surface area (Å²) in [7, 11) is 0. The lowest BCUT2D eigenvalue weighted by molar-refractivity contribution is 0.787. The van der Waals surface area contributed by atoms with Crippen LogP contribution < -0.4 is 5.69 Å². The first-order valence-corrected chi connectivity index (χ1v) is 7.13. The number of benzene rings is 2. The van der Waals surface area contributed by atoms with E-state index in [2.05, 4.69) is 11.6 Å². The van der Waals surface area contributed by atoms with Gasteiger partial charge >= 0.3 is 5.69 Å². The number of aromatic nitrogens is 2. The van der Waals surface area contributed by atoms with E-state index in [1.165, 1.54) is 0 Å². The first-order chi connectivity index (χ1) is 10.1. The van der Waals surface area contributed by atoms with Gasteiger partial charge in [-0.1, -0.05) is 60.1 Å². The van der Waals surface area contributed by atoms with Crippen molar-refractivity contribution in [1.29, 1.82) is 0 Å². The zero-order valence-corrected chi connectivity index (χ0v) is 12.6. The quantitative estimate of drug-likeness (QED) is 0.767. The number of imidazole rings is 1. The van der Waals surface area contributed by atoms with Crippen molar-refractivity contribution in [2.24, 2.45) is 0 Å². The van der Waals surface area contributed by atoms with E-state index in [0.29, 0.717) is 22.1 Å². The van der Waals surface area contributed by atoms with Gasteiger partial charge in [-0.2, -0.15) is 0 Å². The van der Waals surface area contributed by atoms with Gasteiger partial charge in [0, 0.05) is 0 Å². The van der Waals surface area contributed by atoms with Gasteiger partial charge in [0.2, 0.25) is 0 Å². The molecule has 0 aliphatic rings. The number of hydrogen-bond donors (Lipinski definition) is 1. The number of fused-ring (bicyclic) bond motifs is 1. The zero-order chi connectivity index (χ0) is 15.0. The fourth-order valence-electron chi connectivity index (χ4n) is 2.25. The Kier molecular flexibility index (Phi) is 3.62. The number of H-pyrrole nitrogens is 1. The molecule has 0 spiro atoms. The Bertz CT molecular complexity index is 876. The number of nitrogens with zero attached hydrogens (tertiary/aromatic N) is 1. The molecule has 0 aliphatic carbocycles. The minimum Gasteiger partial charge on any atom is -0.305 e. The van der Waals surface area contributed by atoms with Crippen LogP contribution in [0.3, 0.4) is 0 Å². The Morgan fingerprint density at radius 3 is 2.48 bits per heavy atom. The normalized spacial score (nSPS) is 11.0. The van der Waals surface area contributed by atoms with Crippen molar-refractivity contribution in [3.63, 3.8) is 0 Å². The fourth-order valence-corrected chi connectivity index (χ4v) is 2.57. The van der Waals surface area contributed by atoms with Crippen molar-refractivity contribution >= 4 is 40.3 Å². The zero-order valence-electron chi connectivity index (χ0n) is 11.1. The second kappa shape index (κ2) is 5.43. The van der Waals surface area contributed by atoms with Crippen LogP contribution >= 0.6 is 23.2 Å². The van der Waals surface area contributed by atoms with Crippen molar-refractivity contribution in [3.8, 4) is 0 Å². The molecule has 1 aromatic heterocycles. The summed E-state index contributed by atoms with van der Waals surface area (Å²) in [4.78, 5) is 14.9. The first kappa shape index (κ1) is 14.0. The number of nitrogens with one attached hydrogen (secondary N) is 1. The molecule has 0 fully saturated rings. The fraction of sp³-hybridized carbons (Fsp3) is 0.0625. The molecule has 0 aliphatic heterocycles. The number of hydrogen-bond acceptors (Lipinski definition) is 1. The maximum atomic E-state index is 12.1. The largest absolute Gasteiger partial charge is 0.326 e. The van der Waals surface area contributed by atoms with Gasteiger partial charge in [-0.3, -0.25) is 4.57 Å². The van der Waals surface area contributed by atoms with Gasteiger partial charge in [0.25, 0.3) is 0 Å². The molecule has 0 saturated heterocycles. The van der Waals surface area contributed by atoms with Crippen LogP contribution in [0.4, 0.5) is 0 Å². The lowest BCUT2D eigenvalue weighted by Gasteiger charge is -2.05. The molecule has 0 amide bonds. The Morgan fingerprint density at radius 1 is 1.14 bits per heavy atom. The highest BCUT2D eigenvalue weighted by atomic mass is 35.5. The van der Waals surface area contributed by atoms with Gasteiger partial charge in [-0.25, -0.2) is 4.79 Å². The second-order valence-corrected chi connectivity index (χ2v) is 5.56. The third-order valence-electron chi connectivity index (χ3n) is 3.37. The number of rotatable bonds is 3. The van der Waals surface area contributed by atoms with Crippen LogP contribution in [0.2, 0.25) is 10.0 Å². The molecule has 0 saturated carbocycles. The van der Waals surface area contributed by atoms with Crippen LogP contribution in [0.15, 0.2) is 47.8 Å². The molecule has 3 rings (SSSR count). The average Bonchev–Trinajstić information content (AvgIpc) is 2.76. The molecular formula is C16H12Cl2N2O. The van der Waals surface area contributed by atoms with Gasteiger partial charge in [-0.05, 0) is 23.3 Å². The third kappa shape index (κ3) is 2.62. The molecule has 2 aromatic carbocycles. The molecule has 0 unspecified atom stereocenters. The summed E-state index contributed by atoms with van der Waals surface area (Å²) in [5.74, 6) is 0. The van der Waals surface area contributed by atoms with Gasteiger partial charge in [0.15, 0.2) is 0 Å². The summed E-state index contributed by atoms with van der Waals surface area (Å²) in [6, 6.07) is 11.2. The molecule has 0 bridgehead atoms. The van der Waals surface area contributed by atoms with E-state index < -0.39 is 0 Å². The Morgan fingerprint density at radius 2 is 1.81 bits per heavy atom. The minimum atomic E-state index is -0.184. The minimum absolute atomic E-state index is 0.184. The van der Waals surface area contributed by atoms with Crippen LogP contribution in [-0.2, 0) is 6.54 Å². The topological polar surface area (TPSA) is 37.8 Å². The van der Waals surface area contributed by atoms with Gasteiger partial charge < -0.3 is 4.98 Å². The molecule has 3 nitrogen and oxygen atoms in total. The van der Waals surface area contributed by atoms with Crippen molar-refractivity contribution < 1.29 is 0 Å². The van der Waals surface area contributed by atoms with E-state index in [1.54, 1.807) is 22.8 Å². The molecule has 5 heteroatoms. The summed E-state index contributed by atoms with van der Waals surface area (Å²) in [5.41, 5.74) is 3.30. The molecule has 0 atom stereocenters. The second-order valence-electron chi connectivity index (χ2n) is 4.75. The summed E-state index contributed by atoms with van der Waals surface area (Å²) in [6.07, 6.45) is 1.78. The lowest BCUT2D eigenvalue weighted by Crippen LogP contribution is -2.17. The van der Waals surface area contributed by atoms with E-state index in [4.69, 9.17) is 23.2 Å². The van der Waals surface area contributed by atoms with Crippen LogP contribution in [0.1, 0.15) is 11.1 Å². The molecule has 106 valence electrons. The maximum Gasteiger partial charge on any atom is 0.326 e. The SMILES string of the molecule is C=Cc1ccc(Cn2c(=O)[nH]c3cc(Cl)c(Cl)cc32)cc1. The van der Waals surface area contributed by atoms with Crippen molar-refractivity contribution in [2.75, 3.05) is 0 Å². The predicted octanol–water partition coefficient (Wildman–Crippen LogP) is 4.33. The predicted molar refractivity (Wildman–Crippen MR) is 88.2 cm³/mol. The monoisotopic (exact) mass is 318 g/mol. The van der Waals surface area contributed by atoms with Gasteiger partial charge in [0.05, 0.1) is 27.6 Å². The molecular weight excluding hydrogens is 307 g/mol. The molecule has 21 heavy (non-hydrogen) atoms. The standard InChI is InChI=1S/C16H12Cl2N2O/c1-2-10-3-5-11(6-4-10)9-20-15-8-13(18)12(17)7-14(15)19-16(20)21/h2-8H,1,9H2,(H,19,21). The van der Waals surface area contributed by atoms with E-state index in [1.807, 2.05) is 24.3 Å². The summed E-state index contributed by atoms with van der Waals surface area (Å²) < 4.78 is 1.64. The van der Waals surface area contributed by atoms with Crippen LogP contribution in [0.5, 0.6) is 0 Å². The first-order valence-electron chi connectivity index (χ1n) is 6.37. The van der Waals surface area contributed by atoms with Gasteiger partial charge in [0.1, 0.15) is 0 Å². The highest BCUT2D eigenvalue weighted by Gasteiger charge is 2.10. The van der Waals surface area contributed by atoms with Crippen LogP contribution in [0, 0.1) is 0 Å². The van der Waals surface area contributed by atoms with E-state index in [9.17, 15) is 4.79 Å². The summed E-state index contributed by atoms with van der Waals surface area (Å²) in [6.45, 7) is 4.19. The highest BCUT2D eigenvalue weighted by molar-refractivity contribution is 6.42. The molecule has 1 heterocycles. The van der Waals surface area contributed by atoms with E-state index >= 15 is 0 Å². The Hall–Kier alpha value is -1.97. The number of halogens is 2. The molecule has 1 N–H and O–H groups in total. The number of aromatic amines is 1. The summed E-state index contributed by atoms with van der Waals surface area (Å²) in [5, 5.41) is 0.854. The van der Waals surface area contributed by atoms with Crippen LogP contribution in [-0.4, -0.2) is 9.55 Å². The van der Waals surface area contributed by atoms with E-state index in [0.717, 1.165) is 16.6 Å². The van der Waals surface area contributed by atoms with Crippen molar-refractivity contribution in [2.45, 2.75) is 6.54 Å².